The number of carbonyl (C=O) groups is 1. The molecule has 1 unspecified atom stereocenters. The third kappa shape index (κ3) is 4.92. The van der Waals surface area contributed by atoms with Crippen molar-refractivity contribution in [2.45, 2.75) is 38.1 Å². The summed E-state index contributed by atoms with van der Waals surface area (Å²) in [6.07, 6.45) is 5.00. The molecule has 5 nitrogen and oxygen atoms in total. The summed E-state index contributed by atoms with van der Waals surface area (Å²) in [5, 5.41) is 8.87. The van der Waals surface area contributed by atoms with Gasteiger partial charge in [-0.15, -0.1) is 0 Å². The van der Waals surface area contributed by atoms with Crippen molar-refractivity contribution >= 4 is 5.91 Å². The maximum atomic E-state index is 12.0. The van der Waals surface area contributed by atoms with Gasteiger partial charge in [0, 0.05) is 26.2 Å². The fourth-order valence-electron chi connectivity index (χ4n) is 2.50. The number of likely N-dealkylation sites (tertiary alicyclic amines) is 1. The van der Waals surface area contributed by atoms with E-state index in [9.17, 15) is 4.79 Å². The number of rotatable bonds is 8. The van der Waals surface area contributed by atoms with E-state index >= 15 is 0 Å². The van der Waals surface area contributed by atoms with E-state index in [4.69, 9.17) is 10.8 Å². The van der Waals surface area contributed by atoms with Crippen LogP contribution in [0.2, 0.25) is 0 Å². The molecule has 0 aromatic heterocycles. The number of hydrogen-bond donors (Lipinski definition) is 2. The third-order valence-corrected chi connectivity index (χ3v) is 3.66. The summed E-state index contributed by atoms with van der Waals surface area (Å²) in [6.45, 7) is 3.13. The molecule has 0 bridgehead atoms. The molecule has 1 amide bonds. The van der Waals surface area contributed by atoms with Crippen LogP contribution >= 0.6 is 0 Å². The Morgan fingerprint density at radius 1 is 1.50 bits per heavy atom. The Bertz CT molecular complexity index is 248. The monoisotopic (exact) mass is 257 g/mol. The molecule has 1 saturated heterocycles. The molecule has 1 aliphatic rings. The van der Waals surface area contributed by atoms with E-state index in [2.05, 4.69) is 4.90 Å². The van der Waals surface area contributed by atoms with E-state index < -0.39 is 0 Å². The SMILES string of the molecule is CN(CCCN)C(=O)CN1CCCC1CCCO. The van der Waals surface area contributed by atoms with Crippen molar-refractivity contribution in [1.82, 2.24) is 9.80 Å². The smallest absolute Gasteiger partial charge is 0.236 e. The first-order chi connectivity index (χ1) is 8.69. The van der Waals surface area contributed by atoms with E-state index in [-0.39, 0.29) is 12.5 Å². The molecule has 106 valence electrons. The molecule has 0 aliphatic carbocycles. The normalized spacial score (nSPS) is 20.3. The summed E-state index contributed by atoms with van der Waals surface area (Å²) < 4.78 is 0. The molecule has 1 aliphatic heterocycles. The number of carbonyl (C=O) groups excluding carboxylic acids is 1. The van der Waals surface area contributed by atoms with Crippen LogP contribution in [0.1, 0.15) is 32.1 Å². The Morgan fingerprint density at radius 2 is 2.28 bits per heavy atom. The molecule has 5 heteroatoms. The number of likely N-dealkylation sites (N-methyl/N-ethyl adjacent to an activating group) is 1. The molecule has 1 rings (SSSR count). The quantitative estimate of drug-likeness (QED) is 0.644. The van der Waals surface area contributed by atoms with Crippen molar-refractivity contribution in [3.63, 3.8) is 0 Å². The van der Waals surface area contributed by atoms with Crippen LogP contribution in [0.15, 0.2) is 0 Å². The molecule has 0 aromatic rings. The average molecular weight is 257 g/mol. The van der Waals surface area contributed by atoms with Gasteiger partial charge in [-0.2, -0.15) is 0 Å². The van der Waals surface area contributed by atoms with Gasteiger partial charge in [-0.25, -0.2) is 0 Å². The zero-order valence-electron chi connectivity index (χ0n) is 11.5. The summed E-state index contributed by atoms with van der Waals surface area (Å²) >= 11 is 0. The topological polar surface area (TPSA) is 69.8 Å². The molecule has 0 spiro atoms. The van der Waals surface area contributed by atoms with Gasteiger partial charge < -0.3 is 15.7 Å². The highest BCUT2D eigenvalue weighted by atomic mass is 16.3. The van der Waals surface area contributed by atoms with E-state index in [0.29, 0.717) is 19.1 Å². The molecule has 1 fully saturated rings. The Hall–Kier alpha value is -0.650. The fraction of sp³-hybridized carbons (Fsp3) is 0.923. The number of hydrogen-bond acceptors (Lipinski definition) is 4. The van der Waals surface area contributed by atoms with Gasteiger partial charge in [0.1, 0.15) is 0 Å². The summed E-state index contributed by atoms with van der Waals surface area (Å²) in [4.78, 5) is 16.1. The number of aliphatic hydroxyl groups is 1. The lowest BCUT2D eigenvalue weighted by Crippen LogP contribution is -2.41. The summed E-state index contributed by atoms with van der Waals surface area (Å²) in [5.41, 5.74) is 5.45. The Labute approximate surface area is 110 Å². The first-order valence-electron chi connectivity index (χ1n) is 6.98. The number of nitrogens with two attached hydrogens (primary N) is 1. The lowest BCUT2D eigenvalue weighted by atomic mass is 10.1. The summed E-state index contributed by atoms with van der Waals surface area (Å²) in [7, 11) is 1.84. The molecular formula is C13H27N3O2. The largest absolute Gasteiger partial charge is 0.396 e. The molecule has 18 heavy (non-hydrogen) atoms. The van der Waals surface area contributed by atoms with Crippen LogP contribution in [-0.4, -0.2) is 66.7 Å². The Morgan fingerprint density at radius 3 is 2.94 bits per heavy atom. The van der Waals surface area contributed by atoms with E-state index in [1.165, 1.54) is 0 Å². The van der Waals surface area contributed by atoms with Gasteiger partial charge >= 0.3 is 0 Å². The van der Waals surface area contributed by atoms with Crippen molar-refractivity contribution in [2.75, 3.05) is 39.8 Å². The zero-order chi connectivity index (χ0) is 13.4. The van der Waals surface area contributed by atoms with Gasteiger partial charge in [0.2, 0.25) is 5.91 Å². The van der Waals surface area contributed by atoms with Gasteiger partial charge in [0.05, 0.1) is 6.54 Å². The fourth-order valence-corrected chi connectivity index (χ4v) is 2.50. The van der Waals surface area contributed by atoms with Gasteiger partial charge in [0.15, 0.2) is 0 Å². The molecule has 1 atom stereocenters. The second-order valence-electron chi connectivity index (χ2n) is 5.09. The van der Waals surface area contributed by atoms with Crippen LogP contribution in [0.5, 0.6) is 0 Å². The van der Waals surface area contributed by atoms with Crippen LogP contribution in [0.3, 0.4) is 0 Å². The van der Waals surface area contributed by atoms with Crippen molar-refractivity contribution in [3.05, 3.63) is 0 Å². The average Bonchev–Trinajstić information content (AvgIpc) is 2.80. The van der Waals surface area contributed by atoms with Crippen LogP contribution in [0.4, 0.5) is 0 Å². The van der Waals surface area contributed by atoms with Crippen molar-refractivity contribution < 1.29 is 9.90 Å². The van der Waals surface area contributed by atoms with E-state index in [1.807, 2.05) is 7.05 Å². The maximum Gasteiger partial charge on any atom is 0.236 e. The Balaban J connectivity index is 2.33. The van der Waals surface area contributed by atoms with Crippen LogP contribution in [0, 0.1) is 0 Å². The first-order valence-corrected chi connectivity index (χ1v) is 6.98. The highest BCUT2D eigenvalue weighted by Gasteiger charge is 2.26. The van der Waals surface area contributed by atoms with Crippen LogP contribution in [0.25, 0.3) is 0 Å². The van der Waals surface area contributed by atoms with Gasteiger partial charge in [-0.05, 0) is 45.2 Å². The maximum absolute atomic E-state index is 12.0. The highest BCUT2D eigenvalue weighted by molar-refractivity contribution is 5.78. The third-order valence-electron chi connectivity index (χ3n) is 3.66. The standard InChI is InChI=1S/C13H27N3O2/c1-15(8-4-7-14)13(18)11-16-9-2-5-12(16)6-3-10-17/h12,17H,2-11,14H2,1H3. The van der Waals surface area contributed by atoms with E-state index in [0.717, 1.165) is 45.2 Å². The van der Waals surface area contributed by atoms with Gasteiger partial charge in [0.25, 0.3) is 0 Å². The van der Waals surface area contributed by atoms with Crippen molar-refractivity contribution in [3.8, 4) is 0 Å². The second-order valence-corrected chi connectivity index (χ2v) is 5.09. The molecular weight excluding hydrogens is 230 g/mol. The molecule has 3 N–H and O–H groups in total. The number of nitrogens with zero attached hydrogens (tertiary/aromatic N) is 2. The van der Waals surface area contributed by atoms with Gasteiger partial charge in [-0.1, -0.05) is 0 Å². The molecule has 0 saturated carbocycles. The predicted octanol–water partition coefficient (Wildman–Crippen LogP) is 0.0305. The van der Waals surface area contributed by atoms with Crippen molar-refractivity contribution in [1.29, 1.82) is 0 Å². The van der Waals surface area contributed by atoms with Crippen LogP contribution in [-0.2, 0) is 4.79 Å². The van der Waals surface area contributed by atoms with E-state index in [1.54, 1.807) is 4.90 Å². The minimum Gasteiger partial charge on any atom is -0.396 e. The van der Waals surface area contributed by atoms with Crippen molar-refractivity contribution in [2.24, 2.45) is 5.73 Å². The lowest BCUT2D eigenvalue weighted by Gasteiger charge is -2.26. The predicted molar refractivity (Wildman–Crippen MR) is 72.2 cm³/mol. The summed E-state index contributed by atoms with van der Waals surface area (Å²) in [6, 6.07) is 0.476. The second kappa shape index (κ2) is 8.45. The zero-order valence-corrected chi connectivity index (χ0v) is 11.5. The number of aliphatic hydroxyl groups excluding tert-OH is 1. The van der Waals surface area contributed by atoms with Gasteiger partial charge in [-0.3, -0.25) is 9.69 Å². The molecule has 1 heterocycles. The Kier molecular flexibility index (Phi) is 7.23. The minimum atomic E-state index is 0.180. The lowest BCUT2D eigenvalue weighted by molar-refractivity contribution is -0.131. The first kappa shape index (κ1) is 15.4. The number of amides is 1. The summed E-state index contributed by atoms with van der Waals surface area (Å²) in [5.74, 6) is 0.180. The highest BCUT2D eigenvalue weighted by Crippen LogP contribution is 2.20. The molecule has 0 aromatic carbocycles. The minimum absolute atomic E-state index is 0.180. The van der Waals surface area contributed by atoms with Crippen LogP contribution < -0.4 is 5.73 Å². The molecule has 0 radical (unpaired) electrons.